The fourth-order valence-electron chi connectivity index (χ4n) is 2.08. The third-order valence-electron chi connectivity index (χ3n) is 3.48. The highest BCUT2D eigenvalue weighted by atomic mass is 19.4. The molecule has 2 aromatic rings. The molecule has 2 N–H and O–H groups in total. The Hall–Kier alpha value is -3.56. The summed E-state index contributed by atoms with van der Waals surface area (Å²) in [7, 11) is 2.94. The molecular formula is C18H16F3N3O4. The van der Waals surface area contributed by atoms with Gasteiger partial charge in [-0.05, 0) is 42.5 Å². The second kappa shape index (κ2) is 8.89. The van der Waals surface area contributed by atoms with Crippen molar-refractivity contribution in [2.45, 2.75) is 6.18 Å². The summed E-state index contributed by atoms with van der Waals surface area (Å²) in [5.41, 5.74) is 1.67. The van der Waals surface area contributed by atoms with E-state index in [1.54, 1.807) is 18.2 Å². The number of hydrogen-bond acceptors (Lipinski definition) is 5. The summed E-state index contributed by atoms with van der Waals surface area (Å²) in [5.74, 6) is -1.19. The third-order valence-corrected chi connectivity index (χ3v) is 3.48. The number of hydrogen-bond donors (Lipinski definition) is 2. The summed E-state index contributed by atoms with van der Waals surface area (Å²) < 4.78 is 47.7. The Morgan fingerprint density at radius 3 is 2.25 bits per heavy atom. The summed E-state index contributed by atoms with van der Waals surface area (Å²) >= 11 is 0. The molecule has 0 radical (unpaired) electrons. The van der Waals surface area contributed by atoms with Crippen LogP contribution in [0.25, 0.3) is 0 Å². The molecule has 7 nitrogen and oxygen atoms in total. The predicted octanol–water partition coefficient (Wildman–Crippen LogP) is 2.81. The average Bonchev–Trinajstić information content (AvgIpc) is 2.67. The lowest BCUT2D eigenvalue weighted by Gasteiger charge is -2.08. The fourth-order valence-corrected chi connectivity index (χ4v) is 2.08. The fraction of sp³-hybridized carbons (Fsp3) is 0.167. The van der Waals surface area contributed by atoms with Crippen LogP contribution in [0.15, 0.2) is 47.6 Å². The van der Waals surface area contributed by atoms with Gasteiger partial charge in [0.25, 0.3) is 0 Å². The number of rotatable bonds is 5. The lowest BCUT2D eigenvalue weighted by molar-refractivity contribution is -0.137. The van der Waals surface area contributed by atoms with E-state index in [4.69, 9.17) is 9.47 Å². The van der Waals surface area contributed by atoms with Gasteiger partial charge in [0.1, 0.15) is 11.5 Å². The van der Waals surface area contributed by atoms with Crippen LogP contribution in [0.5, 0.6) is 11.5 Å². The zero-order valence-corrected chi connectivity index (χ0v) is 14.8. The van der Waals surface area contributed by atoms with E-state index in [0.717, 1.165) is 24.3 Å². The van der Waals surface area contributed by atoms with Crippen LogP contribution in [0, 0.1) is 0 Å². The van der Waals surface area contributed by atoms with Gasteiger partial charge in [-0.1, -0.05) is 0 Å². The normalized spacial score (nSPS) is 11.2. The largest absolute Gasteiger partial charge is 0.497 e. The number of amides is 2. The number of anilines is 1. The minimum absolute atomic E-state index is 0.0339. The van der Waals surface area contributed by atoms with Crippen molar-refractivity contribution in [1.29, 1.82) is 0 Å². The molecule has 0 saturated carbocycles. The molecule has 2 aromatic carbocycles. The van der Waals surface area contributed by atoms with Crippen molar-refractivity contribution in [3.63, 3.8) is 0 Å². The lowest BCUT2D eigenvalue weighted by atomic mass is 10.2. The summed E-state index contributed by atoms with van der Waals surface area (Å²) in [6, 6.07) is 8.58. The molecule has 0 atom stereocenters. The molecule has 0 aromatic heterocycles. The molecule has 0 heterocycles. The molecule has 0 saturated heterocycles. The Labute approximate surface area is 158 Å². The van der Waals surface area contributed by atoms with Gasteiger partial charge in [-0.15, -0.1) is 0 Å². The van der Waals surface area contributed by atoms with Crippen LogP contribution in [-0.2, 0) is 15.8 Å². The van der Waals surface area contributed by atoms with E-state index < -0.39 is 23.6 Å². The number of alkyl halides is 3. The molecule has 0 aliphatic heterocycles. The second-order valence-electron chi connectivity index (χ2n) is 5.34. The Kier molecular flexibility index (Phi) is 6.59. The van der Waals surface area contributed by atoms with Crippen LogP contribution >= 0.6 is 0 Å². The molecule has 0 spiro atoms. The molecule has 2 rings (SSSR count). The first-order chi connectivity index (χ1) is 13.2. The number of benzene rings is 2. The first kappa shape index (κ1) is 20.7. The maximum atomic E-state index is 12.5. The number of carbonyl (C=O) groups excluding carboxylic acids is 2. The molecule has 0 aliphatic carbocycles. The highest BCUT2D eigenvalue weighted by Crippen LogP contribution is 2.29. The van der Waals surface area contributed by atoms with Crippen molar-refractivity contribution in [3.05, 3.63) is 53.6 Å². The van der Waals surface area contributed by atoms with Gasteiger partial charge in [0, 0.05) is 11.3 Å². The number of nitrogens with one attached hydrogen (secondary N) is 2. The summed E-state index contributed by atoms with van der Waals surface area (Å²) in [5, 5.41) is 5.84. The van der Waals surface area contributed by atoms with Crippen LogP contribution in [0.1, 0.15) is 11.1 Å². The van der Waals surface area contributed by atoms with Crippen molar-refractivity contribution >= 4 is 23.7 Å². The van der Waals surface area contributed by atoms with Crippen LogP contribution < -0.4 is 20.2 Å². The molecular weight excluding hydrogens is 379 g/mol. The third kappa shape index (κ3) is 5.47. The number of carbonyl (C=O) groups is 2. The van der Waals surface area contributed by atoms with Crippen molar-refractivity contribution in [2.24, 2.45) is 5.10 Å². The van der Waals surface area contributed by atoms with E-state index in [9.17, 15) is 22.8 Å². The standard InChI is InChI=1S/C18H16F3N3O4/c1-27-14-7-8-15(28-2)11(9-14)10-22-24-17(26)16(25)23-13-5-3-12(4-6-13)18(19,20)21/h3-10H,1-2H3,(H,23,25)(H,24,26)/b22-10+. The monoisotopic (exact) mass is 395 g/mol. The Balaban J connectivity index is 1.97. The van der Waals surface area contributed by atoms with Crippen LogP contribution in [0.3, 0.4) is 0 Å². The molecule has 2 amide bonds. The van der Waals surface area contributed by atoms with Gasteiger partial charge in [0.05, 0.1) is 26.0 Å². The zero-order valence-electron chi connectivity index (χ0n) is 14.8. The quantitative estimate of drug-likeness (QED) is 0.463. The molecule has 0 aliphatic rings. The molecule has 0 unspecified atom stereocenters. The van der Waals surface area contributed by atoms with Gasteiger partial charge in [-0.3, -0.25) is 9.59 Å². The van der Waals surface area contributed by atoms with Gasteiger partial charge in [0.15, 0.2) is 0 Å². The summed E-state index contributed by atoms with van der Waals surface area (Å²) in [4.78, 5) is 23.6. The first-order valence-electron chi connectivity index (χ1n) is 7.78. The topological polar surface area (TPSA) is 89.0 Å². The van der Waals surface area contributed by atoms with E-state index in [2.05, 4.69) is 10.4 Å². The Morgan fingerprint density at radius 2 is 1.68 bits per heavy atom. The number of methoxy groups -OCH3 is 2. The van der Waals surface area contributed by atoms with Crippen molar-refractivity contribution < 1.29 is 32.2 Å². The Morgan fingerprint density at radius 1 is 1.00 bits per heavy atom. The van der Waals surface area contributed by atoms with E-state index in [0.29, 0.717) is 17.1 Å². The van der Waals surface area contributed by atoms with E-state index in [1.165, 1.54) is 20.4 Å². The van der Waals surface area contributed by atoms with Gasteiger partial charge < -0.3 is 14.8 Å². The first-order valence-corrected chi connectivity index (χ1v) is 7.78. The minimum atomic E-state index is -4.49. The SMILES string of the molecule is COc1ccc(OC)c(/C=N/NC(=O)C(=O)Nc2ccc(C(F)(F)F)cc2)c1. The van der Waals surface area contributed by atoms with E-state index in [-0.39, 0.29) is 5.69 Å². The number of hydrazone groups is 1. The number of halogens is 3. The van der Waals surface area contributed by atoms with Crippen LogP contribution in [0.4, 0.5) is 18.9 Å². The molecule has 0 bridgehead atoms. The van der Waals surface area contributed by atoms with Crippen molar-refractivity contribution in [2.75, 3.05) is 19.5 Å². The maximum absolute atomic E-state index is 12.5. The lowest BCUT2D eigenvalue weighted by Crippen LogP contribution is -2.32. The second-order valence-corrected chi connectivity index (χ2v) is 5.34. The van der Waals surface area contributed by atoms with Gasteiger partial charge in [-0.2, -0.15) is 18.3 Å². The minimum Gasteiger partial charge on any atom is -0.497 e. The van der Waals surface area contributed by atoms with Crippen molar-refractivity contribution in [3.8, 4) is 11.5 Å². The molecule has 0 fully saturated rings. The molecule has 148 valence electrons. The van der Waals surface area contributed by atoms with Gasteiger partial charge >= 0.3 is 18.0 Å². The van der Waals surface area contributed by atoms with Crippen LogP contribution in [0.2, 0.25) is 0 Å². The number of ether oxygens (including phenoxy) is 2. The molecule has 10 heteroatoms. The summed E-state index contributed by atoms with van der Waals surface area (Å²) in [6.07, 6.45) is -3.24. The molecule has 28 heavy (non-hydrogen) atoms. The van der Waals surface area contributed by atoms with Crippen LogP contribution in [-0.4, -0.2) is 32.2 Å². The average molecular weight is 395 g/mol. The van der Waals surface area contributed by atoms with Gasteiger partial charge in [-0.25, -0.2) is 5.43 Å². The highest BCUT2D eigenvalue weighted by Gasteiger charge is 2.30. The highest BCUT2D eigenvalue weighted by molar-refractivity contribution is 6.39. The summed E-state index contributed by atoms with van der Waals surface area (Å²) in [6.45, 7) is 0. The smallest absolute Gasteiger partial charge is 0.416 e. The number of nitrogens with zero attached hydrogens (tertiary/aromatic N) is 1. The van der Waals surface area contributed by atoms with Crippen molar-refractivity contribution in [1.82, 2.24) is 5.43 Å². The van der Waals surface area contributed by atoms with E-state index >= 15 is 0 Å². The van der Waals surface area contributed by atoms with Gasteiger partial charge in [0.2, 0.25) is 0 Å². The van der Waals surface area contributed by atoms with E-state index in [1.807, 2.05) is 5.43 Å². The predicted molar refractivity (Wildman–Crippen MR) is 95.4 cm³/mol. The zero-order chi connectivity index (χ0) is 20.7. The maximum Gasteiger partial charge on any atom is 0.416 e. The Bertz CT molecular complexity index is 881.